The molecule has 2 aliphatic heterocycles. The van der Waals surface area contributed by atoms with E-state index in [0.29, 0.717) is 24.9 Å². The Kier molecular flexibility index (Phi) is 6.11. The number of β-amino-alcohol motifs (C(OH)–C–C–N with tert-alkyl or cyclic N) is 1. The van der Waals surface area contributed by atoms with Crippen molar-refractivity contribution >= 4 is 5.91 Å². The Balaban J connectivity index is 1.58. The molecule has 0 spiro atoms. The standard InChI is InChI=1S/C19H27FN2O4/c1-15(23)21-7-5-17(6-8-21)22-9-10-25-13-19(24,12-22)14-26-18-4-2-3-16(20)11-18/h2-4,11,17,24H,5-10,12-14H2,1H3/t19-/m1/s1. The van der Waals surface area contributed by atoms with Gasteiger partial charge in [-0.3, -0.25) is 9.69 Å². The Morgan fingerprint density at radius 1 is 1.38 bits per heavy atom. The van der Waals surface area contributed by atoms with Crippen LogP contribution in [0, 0.1) is 5.82 Å². The molecule has 0 aromatic heterocycles. The molecule has 2 heterocycles. The molecule has 1 amide bonds. The molecule has 1 aromatic carbocycles. The molecule has 0 radical (unpaired) electrons. The Bertz CT molecular complexity index is 621. The zero-order chi connectivity index (χ0) is 18.6. The third-order valence-corrected chi connectivity index (χ3v) is 5.12. The average molecular weight is 366 g/mol. The van der Waals surface area contributed by atoms with Crippen LogP contribution in [0.25, 0.3) is 0 Å². The SMILES string of the molecule is CC(=O)N1CCC(N2CCOC[C@@](O)(COc3cccc(F)c3)C2)CC1. The van der Waals surface area contributed by atoms with E-state index in [-0.39, 0.29) is 24.9 Å². The first kappa shape index (κ1) is 19.1. The van der Waals surface area contributed by atoms with E-state index in [4.69, 9.17) is 9.47 Å². The minimum Gasteiger partial charge on any atom is -0.490 e. The van der Waals surface area contributed by atoms with E-state index >= 15 is 0 Å². The van der Waals surface area contributed by atoms with E-state index in [9.17, 15) is 14.3 Å². The van der Waals surface area contributed by atoms with Gasteiger partial charge in [-0.25, -0.2) is 4.39 Å². The van der Waals surface area contributed by atoms with Gasteiger partial charge in [0.25, 0.3) is 0 Å². The Morgan fingerprint density at radius 3 is 2.85 bits per heavy atom. The highest BCUT2D eigenvalue weighted by molar-refractivity contribution is 5.73. The first-order valence-electron chi connectivity index (χ1n) is 9.13. The quantitative estimate of drug-likeness (QED) is 0.870. The van der Waals surface area contributed by atoms with Crippen LogP contribution < -0.4 is 4.74 Å². The number of benzene rings is 1. The monoisotopic (exact) mass is 366 g/mol. The van der Waals surface area contributed by atoms with Gasteiger partial charge < -0.3 is 19.5 Å². The van der Waals surface area contributed by atoms with Crippen LogP contribution in [0.2, 0.25) is 0 Å². The number of piperidine rings is 1. The summed E-state index contributed by atoms with van der Waals surface area (Å²) in [7, 11) is 0. The number of hydrogen-bond acceptors (Lipinski definition) is 5. The number of carbonyl (C=O) groups excluding carboxylic acids is 1. The molecule has 3 rings (SSSR count). The number of nitrogens with zero attached hydrogens (tertiary/aromatic N) is 2. The lowest BCUT2D eigenvalue weighted by Crippen LogP contribution is -2.53. The summed E-state index contributed by atoms with van der Waals surface area (Å²) in [6, 6.07) is 6.21. The van der Waals surface area contributed by atoms with Crippen molar-refractivity contribution in [3.8, 4) is 5.75 Å². The van der Waals surface area contributed by atoms with Crippen molar-refractivity contribution in [3.63, 3.8) is 0 Å². The predicted molar refractivity (Wildman–Crippen MR) is 94.5 cm³/mol. The molecular weight excluding hydrogens is 339 g/mol. The number of carbonyl (C=O) groups is 1. The van der Waals surface area contributed by atoms with Crippen molar-refractivity contribution < 1.29 is 23.8 Å². The minimum atomic E-state index is -1.15. The van der Waals surface area contributed by atoms with Crippen molar-refractivity contribution in [2.75, 3.05) is 46.0 Å². The Hall–Kier alpha value is -1.70. The topological polar surface area (TPSA) is 62.2 Å². The lowest BCUT2D eigenvalue weighted by molar-refractivity contribution is -0.130. The summed E-state index contributed by atoms with van der Waals surface area (Å²) < 4.78 is 24.5. The molecule has 7 heteroatoms. The molecule has 1 aromatic rings. The van der Waals surface area contributed by atoms with Crippen LogP contribution in [-0.4, -0.2) is 78.5 Å². The van der Waals surface area contributed by atoms with E-state index < -0.39 is 5.60 Å². The molecule has 0 aliphatic carbocycles. The molecule has 2 fully saturated rings. The lowest BCUT2D eigenvalue weighted by Gasteiger charge is -2.40. The second-order valence-electron chi connectivity index (χ2n) is 7.23. The highest BCUT2D eigenvalue weighted by Gasteiger charge is 2.37. The number of hydrogen-bond donors (Lipinski definition) is 1. The van der Waals surface area contributed by atoms with Gasteiger partial charge in [0.05, 0.1) is 13.2 Å². The summed E-state index contributed by atoms with van der Waals surface area (Å²) in [5, 5.41) is 11.0. The van der Waals surface area contributed by atoms with Crippen LogP contribution >= 0.6 is 0 Å². The van der Waals surface area contributed by atoms with Crippen LogP contribution in [0.5, 0.6) is 5.75 Å². The van der Waals surface area contributed by atoms with Crippen LogP contribution in [0.3, 0.4) is 0 Å². The maximum atomic E-state index is 13.3. The fraction of sp³-hybridized carbons (Fsp3) is 0.632. The van der Waals surface area contributed by atoms with Gasteiger partial charge in [0.1, 0.15) is 23.8 Å². The van der Waals surface area contributed by atoms with Gasteiger partial charge in [-0.1, -0.05) is 6.07 Å². The smallest absolute Gasteiger partial charge is 0.219 e. The first-order valence-corrected chi connectivity index (χ1v) is 9.13. The molecule has 0 unspecified atom stereocenters. The van der Waals surface area contributed by atoms with E-state index in [1.54, 1.807) is 19.1 Å². The second kappa shape index (κ2) is 8.33. The third-order valence-electron chi connectivity index (χ3n) is 5.12. The predicted octanol–water partition coefficient (Wildman–Crippen LogP) is 1.28. The maximum Gasteiger partial charge on any atom is 0.219 e. The average Bonchev–Trinajstić information content (AvgIpc) is 2.83. The first-order chi connectivity index (χ1) is 12.5. The number of halogens is 1. The molecule has 6 nitrogen and oxygen atoms in total. The van der Waals surface area contributed by atoms with E-state index in [1.165, 1.54) is 12.1 Å². The van der Waals surface area contributed by atoms with Crippen molar-refractivity contribution in [1.82, 2.24) is 9.80 Å². The molecule has 1 atom stereocenters. The highest BCUT2D eigenvalue weighted by atomic mass is 19.1. The molecule has 2 saturated heterocycles. The maximum absolute atomic E-state index is 13.3. The van der Waals surface area contributed by atoms with Crippen LogP contribution in [0.4, 0.5) is 4.39 Å². The van der Waals surface area contributed by atoms with Gasteiger partial charge >= 0.3 is 0 Å². The van der Waals surface area contributed by atoms with Gasteiger partial charge in [-0.05, 0) is 25.0 Å². The Labute approximate surface area is 153 Å². The number of ether oxygens (including phenoxy) is 2. The van der Waals surface area contributed by atoms with Gasteiger partial charge in [0, 0.05) is 45.2 Å². The fourth-order valence-electron chi connectivity index (χ4n) is 3.67. The molecule has 144 valence electrons. The van der Waals surface area contributed by atoms with Crippen molar-refractivity contribution in [2.45, 2.75) is 31.4 Å². The molecular formula is C19H27FN2O4. The van der Waals surface area contributed by atoms with E-state index in [0.717, 1.165) is 32.5 Å². The zero-order valence-corrected chi connectivity index (χ0v) is 15.2. The number of likely N-dealkylation sites (tertiary alicyclic amines) is 1. The van der Waals surface area contributed by atoms with E-state index in [1.807, 2.05) is 4.90 Å². The summed E-state index contributed by atoms with van der Waals surface area (Å²) in [6.07, 6.45) is 1.78. The van der Waals surface area contributed by atoms with Crippen LogP contribution in [0.1, 0.15) is 19.8 Å². The lowest BCUT2D eigenvalue weighted by atomic mass is 9.99. The summed E-state index contributed by atoms with van der Waals surface area (Å²) >= 11 is 0. The molecule has 26 heavy (non-hydrogen) atoms. The Morgan fingerprint density at radius 2 is 2.15 bits per heavy atom. The van der Waals surface area contributed by atoms with Gasteiger partial charge in [0.2, 0.25) is 5.91 Å². The molecule has 2 aliphatic rings. The van der Waals surface area contributed by atoms with Crippen LogP contribution in [0.15, 0.2) is 24.3 Å². The highest BCUT2D eigenvalue weighted by Crippen LogP contribution is 2.23. The van der Waals surface area contributed by atoms with Crippen molar-refractivity contribution in [1.29, 1.82) is 0 Å². The minimum absolute atomic E-state index is 0.0409. The van der Waals surface area contributed by atoms with Crippen LogP contribution in [-0.2, 0) is 9.53 Å². The third kappa shape index (κ3) is 4.93. The summed E-state index contributed by atoms with van der Waals surface area (Å²) in [6.45, 7) is 5.05. The number of rotatable bonds is 4. The largest absolute Gasteiger partial charge is 0.490 e. The van der Waals surface area contributed by atoms with Gasteiger partial charge in [-0.15, -0.1) is 0 Å². The molecule has 0 saturated carbocycles. The van der Waals surface area contributed by atoms with Gasteiger partial charge in [0.15, 0.2) is 0 Å². The van der Waals surface area contributed by atoms with Crippen molar-refractivity contribution in [3.05, 3.63) is 30.1 Å². The van der Waals surface area contributed by atoms with E-state index in [2.05, 4.69) is 4.90 Å². The summed E-state index contributed by atoms with van der Waals surface area (Å²) in [4.78, 5) is 15.6. The number of amides is 1. The van der Waals surface area contributed by atoms with Gasteiger partial charge in [-0.2, -0.15) is 0 Å². The van der Waals surface area contributed by atoms with Crippen molar-refractivity contribution in [2.24, 2.45) is 0 Å². The molecule has 0 bridgehead atoms. The normalized spacial score (nSPS) is 25.7. The summed E-state index contributed by atoms with van der Waals surface area (Å²) in [5.74, 6) is 0.136. The summed E-state index contributed by atoms with van der Waals surface area (Å²) in [5.41, 5.74) is -1.15. The zero-order valence-electron chi connectivity index (χ0n) is 15.2. The fourth-order valence-corrected chi connectivity index (χ4v) is 3.67. The number of aliphatic hydroxyl groups is 1. The molecule has 1 N–H and O–H groups in total. The second-order valence-corrected chi connectivity index (χ2v) is 7.23.